The number of carbonyl (C=O) groups is 1. The highest BCUT2D eigenvalue weighted by molar-refractivity contribution is 5.85. The van der Waals surface area contributed by atoms with E-state index in [9.17, 15) is 4.79 Å². The number of carbonyl (C=O) groups excluding carboxylic acids is 1. The number of rotatable bonds is 4. The Hall–Kier alpha value is -1.81. The van der Waals surface area contributed by atoms with Crippen LogP contribution in [0.25, 0.3) is 0 Å². The number of anilines is 1. The first-order chi connectivity index (χ1) is 9.24. The minimum atomic E-state index is -0.180. The molecule has 1 unspecified atom stereocenters. The standard InChI is InChI=1S/C15H21N3O/c1-3-8-17-15(19)12(2)18-10-9-16-11-13-6-4-5-7-14(13)18/h3-7,12,16H,1,8-11H2,2H3,(H,17,19). The zero-order valence-electron chi connectivity index (χ0n) is 11.4. The highest BCUT2D eigenvalue weighted by atomic mass is 16.2. The topological polar surface area (TPSA) is 44.4 Å². The van der Waals surface area contributed by atoms with Crippen molar-refractivity contribution in [3.05, 3.63) is 42.5 Å². The highest BCUT2D eigenvalue weighted by Gasteiger charge is 2.24. The van der Waals surface area contributed by atoms with Gasteiger partial charge in [-0.1, -0.05) is 24.3 Å². The van der Waals surface area contributed by atoms with Crippen molar-refractivity contribution in [2.75, 3.05) is 24.5 Å². The molecule has 19 heavy (non-hydrogen) atoms. The van der Waals surface area contributed by atoms with Crippen molar-refractivity contribution in [3.8, 4) is 0 Å². The second kappa shape index (κ2) is 6.38. The molecule has 1 amide bonds. The van der Waals surface area contributed by atoms with Gasteiger partial charge in [0.2, 0.25) is 5.91 Å². The van der Waals surface area contributed by atoms with Gasteiger partial charge in [0.05, 0.1) is 0 Å². The summed E-state index contributed by atoms with van der Waals surface area (Å²) in [6.07, 6.45) is 1.70. The average molecular weight is 259 g/mol. The van der Waals surface area contributed by atoms with Gasteiger partial charge in [-0.05, 0) is 18.6 Å². The van der Waals surface area contributed by atoms with Gasteiger partial charge >= 0.3 is 0 Å². The molecule has 1 aliphatic heterocycles. The van der Waals surface area contributed by atoms with Crippen LogP contribution in [0.15, 0.2) is 36.9 Å². The van der Waals surface area contributed by atoms with Crippen molar-refractivity contribution in [1.82, 2.24) is 10.6 Å². The first kappa shape index (κ1) is 13.6. The number of para-hydroxylation sites is 1. The SMILES string of the molecule is C=CCNC(=O)C(C)N1CCNCc2ccccc21. The molecule has 4 nitrogen and oxygen atoms in total. The summed E-state index contributed by atoms with van der Waals surface area (Å²) in [5.74, 6) is 0.0385. The Morgan fingerprint density at radius 1 is 1.58 bits per heavy atom. The van der Waals surface area contributed by atoms with Crippen LogP contribution in [-0.4, -0.2) is 31.6 Å². The lowest BCUT2D eigenvalue weighted by Crippen LogP contribution is -2.46. The number of hydrogen-bond acceptors (Lipinski definition) is 3. The van der Waals surface area contributed by atoms with E-state index in [1.54, 1.807) is 6.08 Å². The van der Waals surface area contributed by atoms with E-state index >= 15 is 0 Å². The van der Waals surface area contributed by atoms with Gasteiger partial charge < -0.3 is 15.5 Å². The van der Waals surface area contributed by atoms with Crippen LogP contribution in [0.1, 0.15) is 12.5 Å². The fourth-order valence-corrected chi connectivity index (χ4v) is 2.35. The van der Waals surface area contributed by atoms with Crippen LogP contribution in [0.2, 0.25) is 0 Å². The zero-order valence-corrected chi connectivity index (χ0v) is 11.4. The number of benzene rings is 1. The van der Waals surface area contributed by atoms with E-state index in [0.29, 0.717) is 6.54 Å². The monoisotopic (exact) mass is 259 g/mol. The van der Waals surface area contributed by atoms with E-state index in [0.717, 1.165) is 25.3 Å². The minimum absolute atomic E-state index is 0.0385. The third-order valence-electron chi connectivity index (χ3n) is 3.41. The first-order valence-corrected chi connectivity index (χ1v) is 6.68. The summed E-state index contributed by atoms with van der Waals surface area (Å²) in [6.45, 7) is 8.64. The van der Waals surface area contributed by atoms with Crippen LogP contribution in [-0.2, 0) is 11.3 Å². The lowest BCUT2D eigenvalue weighted by molar-refractivity contribution is -0.121. The van der Waals surface area contributed by atoms with Gasteiger partial charge in [-0.25, -0.2) is 0 Å². The van der Waals surface area contributed by atoms with Crippen LogP contribution >= 0.6 is 0 Å². The number of amides is 1. The van der Waals surface area contributed by atoms with Crippen molar-refractivity contribution in [1.29, 1.82) is 0 Å². The maximum Gasteiger partial charge on any atom is 0.242 e. The second-order valence-electron chi connectivity index (χ2n) is 4.71. The Labute approximate surface area is 114 Å². The maximum atomic E-state index is 12.1. The Morgan fingerprint density at radius 3 is 3.16 bits per heavy atom. The molecule has 4 heteroatoms. The van der Waals surface area contributed by atoms with Crippen molar-refractivity contribution >= 4 is 11.6 Å². The van der Waals surface area contributed by atoms with Gasteiger partial charge in [0, 0.05) is 31.9 Å². The van der Waals surface area contributed by atoms with Crippen LogP contribution in [0, 0.1) is 0 Å². The van der Waals surface area contributed by atoms with E-state index in [1.165, 1.54) is 5.56 Å². The molecule has 2 rings (SSSR count). The Kier molecular flexibility index (Phi) is 4.58. The zero-order chi connectivity index (χ0) is 13.7. The maximum absolute atomic E-state index is 12.1. The summed E-state index contributed by atoms with van der Waals surface area (Å²) in [4.78, 5) is 14.3. The summed E-state index contributed by atoms with van der Waals surface area (Å²) in [5, 5.41) is 6.24. The van der Waals surface area contributed by atoms with Crippen molar-refractivity contribution < 1.29 is 4.79 Å². The van der Waals surface area contributed by atoms with Crippen LogP contribution in [0.3, 0.4) is 0 Å². The summed E-state index contributed by atoms with van der Waals surface area (Å²) in [5.41, 5.74) is 2.39. The summed E-state index contributed by atoms with van der Waals surface area (Å²) >= 11 is 0. The van der Waals surface area contributed by atoms with Gasteiger partial charge in [0.1, 0.15) is 6.04 Å². The van der Waals surface area contributed by atoms with Crippen LogP contribution in [0.5, 0.6) is 0 Å². The molecule has 0 aromatic heterocycles. The largest absolute Gasteiger partial charge is 0.358 e. The van der Waals surface area contributed by atoms with Crippen LogP contribution in [0.4, 0.5) is 5.69 Å². The van der Waals surface area contributed by atoms with E-state index in [-0.39, 0.29) is 11.9 Å². The molecular formula is C15H21N3O. The van der Waals surface area contributed by atoms with Crippen LogP contribution < -0.4 is 15.5 Å². The molecule has 1 aromatic rings. The first-order valence-electron chi connectivity index (χ1n) is 6.68. The predicted molar refractivity (Wildman–Crippen MR) is 78.2 cm³/mol. The molecule has 0 saturated carbocycles. The molecule has 1 aromatic carbocycles. The third kappa shape index (κ3) is 3.15. The number of nitrogens with zero attached hydrogens (tertiary/aromatic N) is 1. The number of fused-ring (bicyclic) bond motifs is 1. The smallest absolute Gasteiger partial charge is 0.242 e. The minimum Gasteiger partial charge on any atom is -0.358 e. The average Bonchev–Trinajstić information content (AvgIpc) is 2.66. The molecule has 102 valence electrons. The van der Waals surface area contributed by atoms with Gasteiger partial charge in [0.25, 0.3) is 0 Å². The fraction of sp³-hybridized carbons (Fsp3) is 0.400. The quantitative estimate of drug-likeness (QED) is 0.801. The lowest BCUT2D eigenvalue weighted by Gasteiger charge is -2.30. The lowest BCUT2D eigenvalue weighted by atomic mass is 10.1. The predicted octanol–water partition coefficient (Wildman–Crippen LogP) is 1.29. The van der Waals surface area contributed by atoms with Gasteiger partial charge in [0.15, 0.2) is 0 Å². The molecular weight excluding hydrogens is 238 g/mol. The summed E-state index contributed by atoms with van der Waals surface area (Å²) in [7, 11) is 0. The molecule has 0 aliphatic carbocycles. The third-order valence-corrected chi connectivity index (χ3v) is 3.41. The number of hydrogen-bond donors (Lipinski definition) is 2. The normalized spacial score (nSPS) is 16.2. The molecule has 0 saturated heterocycles. The van der Waals surface area contributed by atoms with Gasteiger partial charge in [-0.15, -0.1) is 6.58 Å². The van der Waals surface area contributed by atoms with E-state index in [1.807, 2.05) is 19.1 Å². The van der Waals surface area contributed by atoms with Gasteiger partial charge in [-0.3, -0.25) is 4.79 Å². The Balaban J connectivity index is 2.19. The van der Waals surface area contributed by atoms with E-state index in [4.69, 9.17) is 0 Å². The fourth-order valence-electron chi connectivity index (χ4n) is 2.35. The molecule has 0 bridgehead atoms. The van der Waals surface area contributed by atoms with Crippen molar-refractivity contribution in [2.45, 2.75) is 19.5 Å². The molecule has 1 heterocycles. The molecule has 0 spiro atoms. The van der Waals surface area contributed by atoms with E-state index < -0.39 is 0 Å². The molecule has 1 aliphatic rings. The molecule has 2 N–H and O–H groups in total. The van der Waals surface area contributed by atoms with Gasteiger partial charge in [-0.2, -0.15) is 0 Å². The van der Waals surface area contributed by atoms with E-state index in [2.05, 4.69) is 34.2 Å². The molecule has 0 radical (unpaired) electrons. The van der Waals surface area contributed by atoms with Crippen molar-refractivity contribution in [2.24, 2.45) is 0 Å². The number of nitrogens with one attached hydrogen (secondary N) is 2. The molecule has 0 fully saturated rings. The second-order valence-corrected chi connectivity index (χ2v) is 4.71. The Morgan fingerprint density at radius 2 is 2.37 bits per heavy atom. The highest BCUT2D eigenvalue weighted by Crippen LogP contribution is 2.23. The Bertz CT molecular complexity index is 458. The van der Waals surface area contributed by atoms with Crippen molar-refractivity contribution in [3.63, 3.8) is 0 Å². The summed E-state index contributed by atoms with van der Waals surface area (Å²) in [6, 6.07) is 8.06. The molecule has 1 atom stereocenters. The summed E-state index contributed by atoms with van der Waals surface area (Å²) < 4.78 is 0.